The fraction of sp³-hybridized carbons (Fsp3) is 0.750. The van der Waals surface area contributed by atoms with Gasteiger partial charge in [-0.2, -0.15) is 0 Å². The highest BCUT2D eigenvalue weighted by Crippen LogP contribution is 2.18. The van der Waals surface area contributed by atoms with E-state index in [1.165, 1.54) is 128 Å². The molecule has 3 N–H and O–H groups in total. The van der Waals surface area contributed by atoms with E-state index < -0.39 is 18.2 Å². The summed E-state index contributed by atoms with van der Waals surface area (Å²) in [6.07, 6.45) is 62.4. The molecule has 0 aromatic rings. The van der Waals surface area contributed by atoms with Crippen LogP contribution in [-0.4, -0.2) is 46.9 Å². The van der Waals surface area contributed by atoms with Crippen molar-refractivity contribution < 1.29 is 24.5 Å². The predicted octanol–water partition coefficient (Wildman–Crippen LogP) is 15.8. The third-order valence-electron chi connectivity index (χ3n) is 11.7. The van der Waals surface area contributed by atoms with Crippen molar-refractivity contribution >= 4 is 11.9 Å². The van der Waals surface area contributed by atoms with E-state index >= 15 is 0 Å². The predicted molar refractivity (Wildman–Crippen MR) is 268 cm³/mol. The molecule has 6 heteroatoms. The van der Waals surface area contributed by atoms with E-state index in [4.69, 9.17) is 4.74 Å². The summed E-state index contributed by atoms with van der Waals surface area (Å²) < 4.78 is 5.92. The van der Waals surface area contributed by atoms with E-state index in [1.54, 1.807) is 0 Å². The van der Waals surface area contributed by atoms with Gasteiger partial charge in [-0.3, -0.25) is 9.59 Å². The molecule has 3 unspecified atom stereocenters. The lowest BCUT2D eigenvalue weighted by molar-refractivity contribution is -0.151. The smallest absolute Gasteiger partial charge is 0.306 e. The number of hydrogen-bond donors (Lipinski definition) is 3. The van der Waals surface area contributed by atoms with E-state index in [9.17, 15) is 19.8 Å². The molecular formula is C56H99NO5. The normalized spacial score (nSPS) is 13.8. The molecule has 0 aromatic heterocycles. The lowest BCUT2D eigenvalue weighted by atomic mass is 10.0. The van der Waals surface area contributed by atoms with E-state index in [0.29, 0.717) is 19.3 Å². The summed E-state index contributed by atoms with van der Waals surface area (Å²) in [5, 5.41) is 23.8. The molecule has 358 valence electrons. The first-order valence-corrected chi connectivity index (χ1v) is 26.2. The van der Waals surface area contributed by atoms with Gasteiger partial charge in [0.2, 0.25) is 5.91 Å². The van der Waals surface area contributed by atoms with Crippen molar-refractivity contribution in [2.75, 3.05) is 6.61 Å². The van der Waals surface area contributed by atoms with Gasteiger partial charge in [0.15, 0.2) is 0 Å². The zero-order valence-corrected chi connectivity index (χ0v) is 40.7. The van der Waals surface area contributed by atoms with E-state index in [-0.39, 0.29) is 24.9 Å². The summed E-state index contributed by atoms with van der Waals surface area (Å²) in [5.41, 5.74) is 0. The molecule has 0 heterocycles. The minimum Gasteiger partial charge on any atom is -0.462 e. The molecule has 1 amide bonds. The molecule has 0 spiro atoms. The Labute approximate surface area is 383 Å². The fourth-order valence-corrected chi connectivity index (χ4v) is 7.76. The molecule has 0 bridgehead atoms. The maximum Gasteiger partial charge on any atom is 0.306 e. The Morgan fingerprint density at radius 2 is 0.871 bits per heavy atom. The van der Waals surface area contributed by atoms with Crippen LogP contribution in [-0.2, 0) is 14.3 Å². The molecule has 0 fully saturated rings. The zero-order valence-electron chi connectivity index (χ0n) is 40.7. The molecule has 0 radical (unpaired) electrons. The van der Waals surface area contributed by atoms with Gasteiger partial charge in [-0.15, -0.1) is 0 Å². The van der Waals surface area contributed by atoms with Gasteiger partial charge in [0.05, 0.1) is 25.2 Å². The number of aliphatic hydroxyl groups is 2. The monoisotopic (exact) mass is 866 g/mol. The molecule has 0 rings (SSSR count). The largest absolute Gasteiger partial charge is 0.462 e. The van der Waals surface area contributed by atoms with Gasteiger partial charge in [0.1, 0.15) is 6.10 Å². The number of unbranched alkanes of at least 4 members (excludes halogenated alkanes) is 27. The van der Waals surface area contributed by atoms with Gasteiger partial charge in [0.25, 0.3) is 0 Å². The summed E-state index contributed by atoms with van der Waals surface area (Å²) >= 11 is 0. The number of hydrogen-bond acceptors (Lipinski definition) is 5. The van der Waals surface area contributed by atoms with Gasteiger partial charge >= 0.3 is 5.97 Å². The van der Waals surface area contributed by atoms with Crippen molar-refractivity contribution in [2.45, 2.75) is 264 Å². The van der Waals surface area contributed by atoms with Crippen molar-refractivity contribution in [1.29, 1.82) is 0 Å². The SMILES string of the molecule is CC\C=C/C=C/C=C/C=C\C=C\C=C\CCCCCC(=O)OC(CCCCCCCCCCCCCC)CC(=O)NC(CO)C(O)CCCCCCCCCCCCCCCC. The first-order valence-electron chi connectivity index (χ1n) is 26.2. The lowest BCUT2D eigenvalue weighted by Gasteiger charge is -2.24. The maximum absolute atomic E-state index is 13.2. The van der Waals surface area contributed by atoms with Gasteiger partial charge in [-0.1, -0.05) is 261 Å². The number of esters is 1. The standard InChI is InChI=1S/C56H99NO5/c1-4-7-10-13-16-19-22-25-27-28-29-31-34-37-40-43-46-49-56(61)62-52(47-44-41-38-35-32-24-21-18-15-12-9-6-3)50-55(60)57-53(51-58)54(59)48-45-42-39-36-33-30-26-23-20-17-14-11-8-5-2/h7,10,13,16,19,22,25,27-29,31,34,52-54,58-59H,4-6,8-9,11-12,14-15,17-18,20-21,23-24,26,30,32-33,35-51H2,1-3H3,(H,57,60)/b10-7-,16-13+,22-19+,27-25-,29-28+,34-31+. The number of carbonyl (C=O) groups excluding carboxylic acids is 2. The van der Waals surface area contributed by atoms with Crippen LogP contribution < -0.4 is 5.32 Å². The summed E-state index contributed by atoms with van der Waals surface area (Å²) in [6, 6.07) is -0.712. The molecular weight excluding hydrogens is 767 g/mol. The van der Waals surface area contributed by atoms with Crippen molar-refractivity contribution in [2.24, 2.45) is 0 Å². The Morgan fingerprint density at radius 3 is 1.31 bits per heavy atom. The minimum atomic E-state index is -0.797. The number of aliphatic hydroxyl groups excluding tert-OH is 2. The summed E-state index contributed by atoms with van der Waals surface area (Å²) in [5.74, 6) is -0.522. The van der Waals surface area contributed by atoms with Gasteiger partial charge in [-0.05, 0) is 44.9 Å². The lowest BCUT2D eigenvalue weighted by Crippen LogP contribution is -2.46. The van der Waals surface area contributed by atoms with Crippen molar-refractivity contribution in [3.05, 3.63) is 72.9 Å². The van der Waals surface area contributed by atoms with E-state index in [2.05, 4.69) is 50.4 Å². The Morgan fingerprint density at radius 1 is 0.484 bits per heavy atom. The number of amides is 1. The molecule has 0 saturated heterocycles. The number of ether oxygens (including phenoxy) is 1. The number of carbonyl (C=O) groups is 2. The van der Waals surface area contributed by atoms with Crippen LogP contribution in [0, 0.1) is 0 Å². The Bertz CT molecular complexity index is 1150. The Hall–Kier alpha value is -2.70. The van der Waals surface area contributed by atoms with Crippen LogP contribution in [0.2, 0.25) is 0 Å². The average Bonchev–Trinajstić information content (AvgIpc) is 3.26. The number of allylic oxidation sites excluding steroid dienone is 12. The van der Waals surface area contributed by atoms with Crippen LogP contribution in [0.4, 0.5) is 0 Å². The van der Waals surface area contributed by atoms with Gasteiger partial charge in [-0.25, -0.2) is 0 Å². The minimum absolute atomic E-state index is 0.0589. The van der Waals surface area contributed by atoms with Gasteiger partial charge in [0, 0.05) is 6.42 Å². The van der Waals surface area contributed by atoms with Crippen LogP contribution in [0.25, 0.3) is 0 Å². The number of rotatable bonds is 46. The molecule has 0 aromatic carbocycles. The first kappa shape index (κ1) is 59.3. The fourth-order valence-electron chi connectivity index (χ4n) is 7.76. The zero-order chi connectivity index (χ0) is 45.2. The molecule has 0 aliphatic carbocycles. The van der Waals surface area contributed by atoms with Crippen molar-refractivity contribution in [1.82, 2.24) is 5.32 Å². The molecule has 3 atom stereocenters. The maximum atomic E-state index is 13.2. The number of nitrogens with one attached hydrogen (secondary N) is 1. The highest BCUT2D eigenvalue weighted by molar-refractivity contribution is 5.77. The summed E-state index contributed by atoms with van der Waals surface area (Å²) in [7, 11) is 0. The third kappa shape index (κ3) is 43.9. The Kier molecular flexibility index (Phi) is 47.2. The topological polar surface area (TPSA) is 95.9 Å². The second-order valence-electron chi connectivity index (χ2n) is 17.7. The van der Waals surface area contributed by atoms with E-state index in [1.807, 2.05) is 48.6 Å². The molecule has 6 nitrogen and oxygen atoms in total. The summed E-state index contributed by atoms with van der Waals surface area (Å²) in [4.78, 5) is 26.1. The van der Waals surface area contributed by atoms with Gasteiger partial charge < -0.3 is 20.3 Å². The average molecular weight is 866 g/mol. The van der Waals surface area contributed by atoms with Crippen LogP contribution in [0.3, 0.4) is 0 Å². The molecule has 62 heavy (non-hydrogen) atoms. The highest BCUT2D eigenvalue weighted by Gasteiger charge is 2.24. The highest BCUT2D eigenvalue weighted by atomic mass is 16.5. The van der Waals surface area contributed by atoms with Crippen molar-refractivity contribution in [3.63, 3.8) is 0 Å². The second kappa shape index (κ2) is 49.3. The summed E-state index contributed by atoms with van der Waals surface area (Å²) in [6.45, 7) is 6.33. The van der Waals surface area contributed by atoms with Crippen LogP contribution in [0.5, 0.6) is 0 Å². The van der Waals surface area contributed by atoms with E-state index in [0.717, 1.165) is 70.6 Å². The first-order chi connectivity index (χ1) is 30.5. The van der Waals surface area contributed by atoms with Crippen LogP contribution >= 0.6 is 0 Å². The quantitative estimate of drug-likeness (QED) is 0.0322. The second-order valence-corrected chi connectivity index (χ2v) is 17.7. The van der Waals surface area contributed by atoms with Crippen LogP contribution in [0.1, 0.15) is 245 Å². The van der Waals surface area contributed by atoms with Crippen molar-refractivity contribution in [3.8, 4) is 0 Å². The molecule has 0 aliphatic heterocycles. The Balaban J connectivity index is 4.63. The molecule has 0 saturated carbocycles. The molecule has 0 aliphatic rings. The van der Waals surface area contributed by atoms with Crippen LogP contribution in [0.15, 0.2) is 72.9 Å². The third-order valence-corrected chi connectivity index (χ3v) is 11.7.